The van der Waals surface area contributed by atoms with Crippen molar-refractivity contribution in [2.75, 3.05) is 16.2 Å². The fourth-order valence-corrected chi connectivity index (χ4v) is 5.33. The Hall–Kier alpha value is -3.55. The topological polar surface area (TPSA) is 135 Å². The van der Waals surface area contributed by atoms with E-state index in [0.29, 0.717) is 13.8 Å². The van der Waals surface area contributed by atoms with Crippen molar-refractivity contribution in [3.8, 4) is 5.75 Å². The Kier molecular flexibility index (Phi) is 7.21. The Labute approximate surface area is 216 Å². The van der Waals surface area contributed by atoms with Gasteiger partial charge in [-0.2, -0.15) is 13.2 Å². The van der Waals surface area contributed by atoms with Crippen LogP contribution in [0.2, 0.25) is 0 Å². The molecule has 1 aliphatic carbocycles. The molecule has 2 aliphatic rings. The van der Waals surface area contributed by atoms with Crippen molar-refractivity contribution >= 4 is 33.5 Å². The summed E-state index contributed by atoms with van der Waals surface area (Å²) in [4.78, 5) is 27.3. The molecule has 1 aliphatic heterocycles. The van der Waals surface area contributed by atoms with Gasteiger partial charge in [0.15, 0.2) is 0 Å². The van der Waals surface area contributed by atoms with Gasteiger partial charge in [0.1, 0.15) is 16.7 Å². The third-order valence-electron chi connectivity index (χ3n) is 6.22. The van der Waals surface area contributed by atoms with E-state index in [-0.39, 0.29) is 47.3 Å². The SMILES string of the molecule is CC(C)(OC(=O)Nc1ccc2c(c1)N(S(=O)(=O)c1cncc(C3CC3)c1)CC(CCC(=O)O)O2)C(F)(F)F. The highest BCUT2D eigenvalue weighted by Crippen LogP contribution is 2.42. The van der Waals surface area contributed by atoms with Gasteiger partial charge in [-0.3, -0.25) is 19.4 Å². The summed E-state index contributed by atoms with van der Waals surface area (Å²) >= 11 is 0. The Balaban J connectivity index is 1.66. The number of aliphatic carboxylic acids is 1. The molecule has 14 heteroatoms. The fraction of sp³-hybridized carbons (Fsp3) is 0.458. The minimum Gasteiger partial charge on any atom is -0.486 e. The van der Waals surface area contributed by atoms with E-state index in [2.05, 4.69) is 15.0 Å². The van der Waals surface area contributed by atoms with E-state index in [9.17, 15) is 31.2 Å². The van der Waals surface area contributed by atoms with Crippen LogP contribution in [-0.2, 0) is 19.6 Å². The summed E-state index contributed by atoms with van der Waals surface area (Å²) in [7, 11) is -4.22. The number of hydrogen-bond donors (Lipinski definition) is 2. The van der Waals surface area contributed by atoms with Gasteiger partial charge in [-0.05, 0) is 68.9 Å². The predicted octanol–water partition coefficient (Wildman–Crippen LogP) is 4.67. The number of amides is 1. The van der Waals surface area contributed by atoms with Crippen LogP contribution in [0.4, 0.5) is 29.3 Å². The van der Waals surface area contributed by atoms with Crippen molar-refractivity contribution in [3.05, 3.63) is 42.2 Å². The van der Waals surface area contributed by atoms with Crippen LogP contribution in [0.15, 0.2) is 41.6 Å². The summed E-state index contributed by atoms with van der Waals surface area (Å²) in [6, 6.07) is 5.43. The molecule has 0 saturated heterocycles. The van der Waals surface area contributed by atoms with Crippen molar-refractivity contribution in [1.29, 1.82) is 0 Å². The first-order valence-electron chi connectivity index (χ1n) is 11.7. The quantitative estimate of drug-likeness (QED) is 0.478. The Morgan fingerprint density at radius 2 is 1.92 bits per heavy atom. The number of carbonyl (C=O) groups excluding carboxylic acids is 1. The number of rotatable bonds is 8. The second-order valence-corrected chi connectivity index (χ2v) is 11.5. The van der Waals surface area contributed by atoms with Crippen molar-refractivity contribution in [2.45, 2.75) is 68.2 Å². The molecule has 0 radical (unpaired) electrons. The van der Waals surface area contributed by atoms with E-state index in [1.165, 1.54) is 24.4 Å². The number of nitrogens with zero attached hydrogens (tertiary/aromatic N) is 2. The molecule has 4 rings (SSSR count). The largest absolute Gasteiger partial charge is 0.486 e. The Bertz CT molecular complexity index is 1340. The average Bonchev–Trinajstić information content (AvgIpc) is 3.67. The lowest BCUT2D eigenvalue weighted by molar-refractivity contribution is -0.242. The second kappa shape index (κ2) is 9.97. The van der Waals surface area contributed by atoms with Crippen LogP contribution in [0, 0.1) is 0 Å². The number of nitrogens with one attached hydrogen (secondary N) is 1. The van der Waals surface area contributed by atoms with Crippen molar-refractivity contribution in [1.82, 2.24) is 4.98 Å². The van der Waals surface area contributed by atoms with Gasteiger partial charge >= 0.3 is 18.2 Å². The standard InChI is InChI=1S/C24H26F3N3O7S/c1-23(2,24(25,26)27)37-22(33)29-16-5-7-20-19(10-16)30(13-17(36-20)6-8-21(31)32)38(34,35)18-9-15(11-28-12-18)14-3-4-14/h5,7,9-12,14,17H,3-4,6,8,13H2,1-2H3,(H,29,33)(H,31,32). The molecule has 0 bridgehead atoms. The second-order valence-electron chi connectivity index (χ2n) is 9.64. The summed E-state index contributed by atoms with van der Waals surface area (Å²) in [6.45, 7) is 1.16. The number of alkyl halides is 3. The fourth-order valence-electron chi connectivity index (χ4n) is 3.83. The molecule has 1 aromatic carbocycles. The molecule has 1 saturated carbocycles. The number of carboxylic acids is 1. The zero-order chi connectivity index (χ0) is 27.9. The molecule has 1 aromatic heterocycles. The van der Waals surface area contributed by atoms with Crippen LogP contribution in [-0.4, -0.2) is 55.0 Å². The van der Waals surface area contributed by atoms with Crippen LogP contribution < -0.4 is 14.4 Å². The van der Waals surface area contributed by atoms with Gasteiger partial charge in [0.05, 0.1) is 12.2 Å². The number of halogens is 3. The van der Waals surface area contributed by atoms with Crippen LogP contribution in [0.1, 0.15) is 51.0 Å². The molecule has 1 amide bonds. The van der Waals surface area contributed by atoms with Gasteiger partial charge in [0, 0.05) is 24.5 Å². The number of fused-ring (bicyclic) bond motifs is 1. The van der Waals surface area contributed by atoms with Gasteiger partial charge in [0.25, 0.3) is 10.0 Å². The maximum atomic E-state index is 13.7. The van der Waals surface area contributed by atoms with Crippen LogP contribution in [0.25, 0.3) is 0 Å². The monoisotopic (exact) mass is 557 g/mol. The van der Waals surface area contributed by atoms with Crippen LogP contribution >= 0.6 is 0 Å². The van der Waals surface area contributed by atoms with Gasteiger partial charge in [-0.25, -0.2) is 13.2 Å². The summed E-state index contributed by atoms with van der Waals surface area (Å²) in [6.07, 6.45) is -2.54. The lowest BCUT2D eigenvalue weighted by atomic mass is 10.1. The molecule has 10 nitrogen and oxygen atoms in total. The van der Waals surface area contributed by atoms with Crippen LogP contribution in [0.3, 0.4) is 0 Å². The molecule has 2 N–H and O–H groups in total. The molecule has 2 heterocycles. The van der Waals surface area contributed by atoms with Crippen LogP contribution in [0.5, 0.6) is 5.75 Å². The Morgan fingerprint density at radius 1 is 1.21 bits per heavy atom. The number of ether oxygens (including phenoxy) is 2. The molecule has 1 atom stereocenters. The predicted molar refractivity (Wildman–Crippen MR) is 129 cm³/mol. The van der Waals surface area contributed by atoms with Gasteiger partial charge < -0.3 is 14.6 Å². The van der Waals surface area contributed by atoms with E-state index < -0.39 is 40.0 Å². The van der Waals surface area contributed by atoms with E-state index in [1.54, 1.807) is 12.3 Å². The molecular weight excluding hydrogens is 531 g/mol. The van der Waals surface area contributed by atoms with E-state index in [4.69, 9.17) is 9.84 Å². The number of hydrogen-bond acceptors (Lipinski definition) is 7. The van der Waals surface area contributed by atoms with E-state index >= 15 is 0 Å². The number of benzene rings is 1. The third-order valence-corrected chi connectivity index (χ3v) is 7.96. The lowest BCUT2D eigenvalue weighted by Gasteiger charge is -2.35. The molecule has 1 unspecified atom stereocenters. The number of aromatic nitrogens is 1. The highest BCUT2D eigenvalue weighted by Gasteiger charge is 2.51. The van der Waals surface area contributed by atoms with Crippen molar-refractivity contribution in [2.24, 2.45) is 0 Å². The number of sulfonamides is 1. The van der Waals surface area contributed by atoms with E-state index in [1.807, 2.05) is 0 Å². The smallest absolute Gasteiger partial charge is 0.427 e. The first-order chi connectivity index (χ1) is 17.7. The number of anilines is 2. The van der Waals surface area contributed by atoms with Crippen molar-refractivity contribution < 1.29 is 45.8 Å². The number of carboxylic acid groups (broad SMARTS) is 1. The summed E-state index contributed by atoms with van der Waals surface area (Å²) < 4.78 is 78.1. The molecule has 2 aromatic rings. The zero-order valence-corrected chi connectivity index (χ0v) is 21.3. The molecular formula is C24H26F3N3O7S. The minimum atomic E-state index is -4.81. The first-order valence-corrected chi connectivity index (χ1v) is 13.2. The highest BCUT2D eigenvalue weighted by molar-refractivity contribution is 7.92. The highest BCUT2D eigenvalue weighted by atomic mass is 32.2. The maximum Gasteiger partial charge on any atom is 0.427 e. The number of carbonyl (C=O) groups is 2. The number of pyridine rings is 1. The maximum absolute atomic E-state index is 13.7. The minimum absolute atomic E-state index is 0.0151. The summed E-state index contributed by atoms with van der Waals surface area (Å²) in [5.41, 5.74) is -2.00. The molecule has 206 valence electrons. The lowest BCUT2D eigenvalue weighted by Crippen LogP contribution is -2.44. The molecule has 1 fully saturated rings. The van der Waals surface area contributed by atoms with Gasteiger partial charge in [0.2, 0.25) is 5.60 Å². The zero-order valence-electron chi connectivity index (χ0n) is 20.5. The van der Waals surface area contributed by atoms with Crippen molar-refractivity contribution in [3.63, 3.8) is 0 Å². The van der Waals surface area contributed by atoms with E-state index in [0.717, 1.165) is 22.7 Å². The Morgan fingerprint density at radius 3 is 2.55 bits per heavy atom. The van der Waals surface area contributed by atoms with Gasteiger partial charge in [-0.1, -0.05) is 0 Å². The average molecular weight is 558 g/mol. The normalized spacial score (nSPS) is 17.8. The summed E-state index contributed by atoms with van der Waals surface area (Å²) in [5, 5.41) is 11.3. The third kappa shape index (κ3) is 5.95. The first kappa shape index (κ1) is 27.5. The molecule has 38 heavy (non-hydrogen) atoms. The van der Waals surface area contributed by atoms with Gasteiger partial charge in [-0.15, -0.1) is 0 Å². The summed E-state index contributed by atoms with van der Waals surface area (Å²) in [5.74, 6) is -0.744. The molecule has 0 spiro atoms.